The fraction of sp³-hybridized carbons (Fsp3) is 0.800. The molecule has 0 saturated heterocycles. The van der Waals surface area contributed by atoms with E-state index in [0.29, 0.717) is 6.54 Å². The van der Waals surface area contributed by atoms with E-state index in [1.807, 2.05) is 6.92 Å². The van der Waals surface area contributed by atoms with Crippen LogP contribution in [0.1, 0.15) is 6.92 Å². The van der Waals surface area contributed by atoms with E-state index in [1.165, 1.54) is 14.2 Å². The highest BCUT2D eigenvalue weighted by molar-refractivity contribution is 5.74. The molecule has 0 spiro atoms. The minimum absolute atomic E-state index is 0.0410. The number of ether oxygens (including phenoxy) is 3. The Balaban J connectivity index is 4.26. The van der Waals surface area contributed by atoms with Crippen molar-refractivity contribution in [2.45, 2.75) is 13.0 Å². The summed E-state index contributed by atoms with van der Waals surface area (Å²) >= 11 is 0. The summed E-state index contributed by atoms with van der Waals surface area (Å²) in [4.78, 5) is 23.8. The van der Waals surface area contributed by atoms with E-state index in [-0.39, 0.29) is 19.2 Å². The first-order chi connectivity index (χ1) is 7.53. The number of rotatable bonds is 7. The molecule has 0 aliphatic rings. The average molecular weight is 233 g/mol. The zero-order chi connectivity index (χ0) is 12.6. The summed E-state index contributed by atoms with van der Waals surface area (Å²) in [5.74, 6) is -0.792. The van der Waals surface area contributed by atoms with Crippen molar-refractivity contribution in [3.8, 4) is 0 Å². The molecular weight excluding hydrogens is 214 g/mol. The van der Waals surface area contributed by atoms with Gasteiger partial charge in [-0.1, -0.05) is 0 Å². The molecule has 6 nitrogen and oxygen atoms in total. The summed E-state index contributed by atoms with van der Waals surface area (Å²) in [6.07, 6.45) is -0.0747. The lowest BCUT2D eigenvalue weighted by atomic mass is 10.3. The van der Waals surface area contributed by atoms with Crippen molar-refractivity contribution >= 4 is 11.9 Å². The van der Waals surface area contributed by atoms with Crippen LogP contribution in [0, 0.1) is 0 Å². The van der Waals surface area contributed by atoms with Gasteiger partial charge in [0.05, 0.1) is 33.4 Å². The van der Waals surface area contributed by atoms with Gasteiger partial charge in [-0.15, -0.1) is 0 Å². The summed E-state index contributed by atoms with van der Waals surface area (Å²) in [5, 5.41) is 0. The molecular formula is C10H19NO5. The number of hydrogen-bond donors (Lipinski definition) is 0. The lowest BCUT2D eigenvalue weighted by Crippen LogP contribution is -2.40. The standard InChI is InChI=1S/C10H19NO5/c1-8(14-2)5-11(6-9(12)15-3)7-10(13)16-4/h8H,5-7H2,1-4H3. The smallest absolute Gasteiger partial charge is 0.319 e. The summed E-state index contributed by atoms with van der Waals surface area (Å²) in [7, 11) is 4.18. The topological polar surface area (TPSA) is 65.1 Å². The third kappa shape index (κ3) is 6.36. The highest BCUT2D eigenvalue weighted by atomic mass is 16.5. The third-order valence-corrected chi connectivity index (χ3v) is 2.08. The van der Waals surface area contributed by atoms with Gasteiger partial charge in [-0.3, -0.25) is 14.5 Å². The number of nitrogens with zero attached hydrogens (tertiary/aromatic N) is 1. The molecule has 0 aromatic carbocycles. The molecule has 0 bridgehead atoms. The van der Waals surface area contributed by atoms with E-state index >= 15 is 0 Å². The highest BCUT2D eigenvalue weighted by Gasteiger charge is 2.17. The molecule has 0 aliphatic carbocycles. The Morgan fingerprint density at radius 3 is 1.81 bits per heavy atom. The van der Waals surface area contributed by atoms with E-state index in [9.17, 15) is 9.59 Å². The first-order valence-corrected chi connectivity index (χ1v) is 4.92. The molecule has 0 aromatic rings. The van der Waals surface area contributed by atoms with Gasteiger partial charge in [-0.05, 0) is 6.92 Å². The monoisotopic (exact) mass is 233 g/mol. The summed E-state index contributed by atoms with van der Waals surface area (Å²) in [6.45, 7) is 2.39. The van der Waals surface area contributed by atoms with Crippen molar-refractivity contribution in [2.75, 3.05) is 41.0 Å². The average Bonchev–Trinajstić information content (AvgIpc) is 2.28. The van der Waals surface area contributed by atoms with E-state index < -0.39 is 11.9 Å². The Kier molecular flexibility index (Phi) is 7.49. The lowest BCUT2D eigenvalue weighted by molar-refractivity contribution is -0.146. The lowest BCUT2D eigenvalue weighted by Gasteiger charge is -2.22. The van der Waals surface area contributed by atoms with Crippen LogP contribution in [-0.4, -0.2) is 63.9 Å². The van der Waals surface area contributed by atoms with Gasteiger partial charge in [-0.2, -0.15) is 0 Å². The van der Waals surface area contributed by atoms with Crippen molar-refractivity contribution < 1.29 is 23.8 Å². The number of carbonyl (C=O) groups is 2. The maximum Gasteiger partial charge on any atom is 0.319 e. The van der Waals surface area contributed by atoms with E-state index in [1.54, 1.807) is 12.0 Å². The molecule has 94 valence electrons. The molecule has 0 aromatic heterocycles. The van der Waals surface area contributed by atoms with Crippen molar-refractivity contribution in [3.63, 3.8) is 0 Å². The van der Waals surface area contributed by atoms with Gasteiger partial charge in [-0.25, -0.2) is 0 Å². The maximum absolute atomic E-state index is 11.1. The number of methoxy groups -OCH3 is 3. The quantitative estimate of drug-likeness (QED) is 0.561. The van der Waals surface area contributed by atoms with Crippen LogP contribution in [0.2, 0.25) is 0 Å². The predicted octanol–water partition coefficient (Wildman–Crippen LogP) is -0.331. The van der Waals surface area contributed by atoms with Crippen LogP contribution in [0.3, 0.4) is 0 Å². The fourth-order valence-corrected chi connectivity index (χ4v) is 1.12. The second kappa shape index (κ2) is 8.06. The van der Waals surface area contributed by atoms with Crippen molar-refractivity contribution in [1.29, 1.82) is 0 Å². The van der Waals surface area contributed by atoms with E-state index in [2.05, 4.69) is 9.47 Å². The minimum atomic E-state index is -0.396. The molecule has 0 amide bonds. The third-order valence-electron chi connectivity index (χ3n) is 2.08. The van der Waals surface area contributed by atoms with Crippen LogP contribution in [0.15, 0.2) is 0 Å². The SMILES string of the molecule is COC(=O)CN(CC(=O)OC)CC(C)OC. The summed E-state index contributed by atoms with van der Waals surface area (Å²) in [5.41, 5.74) is 0. The van der Waals surface area contributed by atoms with Crippen LogP contribution in [0.5, 0.6) is 0 Å². The Morgan fingerprint density at radius 1 is 1.06 bits per heavy atom. The van der Waals surface area contributed by atoms with E-state index in [4.69, 9.17) is 4.74 Å². The maximum atomic E-state index is 11.1. The predicted molar refractivity (Wildman–Crippen MR) is 56.9 cm³/mol. The Labute approximate surface area is 95.4 Å². The number of esters is 2. The first-order valence-electron chi connectivity index (χ1n) is 4.92. The van der Waals surface area contributed by atoms with Gasteiger partial charge < -0.3 is 14.2 Å². The second-order valence-corrected chi connectivity index (χ2v) is 3.37. The first kappa shape index (κ1) is 14.9. The van der Waals surface area contributed by atoms with Crippen LogP contribution >= 0.6 is 0 Å². The van der Waals surface area contributed by atoms with Gasteiger partial charge in [0.2, 0.25) is 0 Å². The largest absolute Gasteiger partial charge is 0.468 e. The van der Waals surface area contributed by atoms with Gasteiger partial charge in [0.1, 0.15) is 0 Å². The normalized spacial score (nSPS) is 12.3. The molecule has 0 radical (unpaired) electrons. The molecule has 0 N–H and O–H groups in total. The summed E-state index contributed by atoms with van der Waals surface area (Å²) < 4.78 is 14.1. The van der Waals surface area contributed by atoms with Crippen LogP contribution in [-0.2, 0) is 23.8 Å². The molecule has 0 saturated carbocycles. The van der Waals surface area contributed by atoms with Crippen LogP contribution in [0.4, 0.5) is 0 Å². The molecule has 16 heavy (non-hydrogen) atoms. The van der Waals surface area contributed by atoms with Crippen LogP contribution in [0.25, 0.3) is 0 Å². The number of hydrogen-bond acceptors (Lipinski definition) is 6. The molecule has 1 atom stereocenters. The molecule has 6 heteroatoms. The van der Waals surface area contributed by atoms with Gasteiger partial charge in [0.15, 0.2) is 0 Å². The Hall–Kier alpha value is -1.14. The zero-order valence-electron chi connectivity index (χ0n) is 10.2. The molecule has 0 fully saturated rings. The Bertz CT molecular complexity index is 213. The van der Waals surface area contributed by atoms with Crippen molar-refractivity contribution in [3.05, 3.63) is 0 Å². The number of carbonyl (C=O) groups excluding carboxylic acids is 2. The molecule has 0 aliphatic heterocycles. The zero-order valence-corrected chi connectivity index (χ0v) is 10.2. The minimum Gasteiger partial charge on any atom is -0.468 e. The summed E-state index contributed by atoms with van der Waals surface area (Å²) in [6, 6.07) is 0. The molecule has 0 heterocycles. The van der Waals surface area contributed by atoms with Crippen molar-refractivity contribution in [2.24, 2.45) is 0 Å². The fourth-order valence-electron chi connectivity index (χ4n) is 1.12. The molecule has 1 unspecified atom stereocenters. The van der Waals surface area contributed by atoms with E-state index in [0.717, 1.165) is 0 Å². The highest BCUT2D eigenvalue weighted by Crippen LogP contribution is 1.97. The second-order valence-electron chi connectivity index (χ2n) is 3.37. The van der Waals surface area contributed by atoms with Crippen molar-refractivity contribution in [1.82, 2.24) is 4.90 Å². The van der Waals surface area contributed by atoms with Gasteiger partial charge in [0.25, 0.3) is 0 Å². The Morgan fingerprint density at radius 2 is 1.50 bits per heavy atom. The van der Waals surface area contributed by atoms with Gasteiger partial charge >= 0.3 is 11.9 Å². The van der Waals surface area contributed by atoms with Gasteiger partial charge in [0, 0.05) is 13.7 Å². The molecule has 0 rings (SSSR count). The van der Waals surface area contributed by atoms with Crippen LogP contribution < -0.4 is 0 Å².